The summed E-state index contributed by atoms with van der Waals surface area (Å²) in [5, 5.41) is 14.4. The molecular weight excluding hydrogens is 488 g/mol. The van der Waals surface area contributed by atoms with Crippen LogP contribution >= 0.6 is 47.8 Å². The molecule has 0 aliphatic heterocycles. The highest BCUT2D eigenvalue weighted by Crippen LogP contribution is 2.36. The summed E-state index contributed by atoms with van der Waals surface area (Å²) >= 11 is 10.3. The third-order valence-corrected chi connectivity index (χ3v) is 5.15. The number of phenols is 1. The first kappa shape index (κ1) is 16.7. The van der Waals surface area contributed by atoms with E-state index in [1.807, 2.05) is 24.3 Å². The van der Waals surface area contributed by atoms with Gasteiger partial charge in [0.1, 0.15) is 5.52 Å². The highest BCUT2D eigenvalue weighted by atomic mass is 79.9. The smallest absolute Gasteiger partial charge is 0.156 e. The number of aromatic hydroxyl groups is 1. The maximum absolute atomic E-state index is 10.2. The number of anilines is 1. The van der Waals surface area contributed by atoms with Gasteiger partial charge in [-0.05, 0) is 64.8 Å². The lowest BCUT2D eigenvalue weighted by Gasteiger charge is -2.10. The third-order valence-electron chi connectivity index (χ3n) is 3.43. The van der Waals surface area contributed by atoms with Gasteiger partial charge in [0, 0.05) is 20.0 Å². The van der Waals surface area contributed by atoms with Gasteiger partial charge in [0.2, 0.25) is 0 Å². The number of benzene rings is 2. The number of hydrogen-bond acceptors (Lipinski definition) is 3. The lowest BCUT2D eigenvalue weighted by molar-refractivity contribution is 0.477. The number of aromatic nitrogens is 1. The van der Waals surface area contributed by atoms with Gasteiger partial charge in [-0.2, -0.15) is 0 Å². The predicted octanol–water partition coefficient (Wildman–Crippen LogP) is 6.15. The van der Waals surface area contributed by atoms with Gasteiger partial charge in [-0.1, -0.05) is 31.9 Å². The summed E-state index contributed by atoms with van der Waals surface area (Å²) in [6.07, 6.45) is 0. The molecule has 0 saturated carbocycles. The molecule has 3 rings (SSSR count). The lowest BCUT2D eigenvalue weighted by Crippen LogP contribution is -2.02. The minimum absolute atomic E-state index is 0.156. The highest BCUT2D eigenvalue weighted by molar-refractivity contribution is 9.11. The normalized spacial score (nSPS) is 11.0. The molecule has 0 aliphatic rings. The zero-order valence-corrected chi connectivity index (χ0v) is 17.0. The van der Waals surface area contributed by atoms with E-state index in [2.05, 4.69) is 77.1 Å². The van der Waals surface area contributed by atoms with E-state index >= 15 is 0 Å². The van der Waals surface area contributed by atoms with Crippen LogP contribution in [0.15, 0.2) is 49.8 Å². The van der Waals surface area contributed by atoms with Crippen molar-refractivity contribution in [2.24, 2.45) is 0 Å². The maximum Gasteiger partial charge on any atom is 0.156 e. The van der Waals surface area contributed by atoms with Crippen molar-refractivity contribution in [1.29, 1.82) is 0 Å². The topological polar surface area (TPSA) is 45.1 Å². The van der Waals surface area contributed by atoms with Gasteiger partial charge in [0.25, 0.3) is 0 Å². The monoisotopic (exact) mass is 498 g/mol. The van der Waals surface area contributed by atoms with Gasteiger partial charge in [0.05, 0.1) is 16.7 Å². The fraction of sp³-hybridized carbons (Fsp3) is 0.118. The Morgan fingerprint density at radius 2 is 1.83 bits per heavy atom. The molecule has 0 saturated heterocycles. The van der Waals surface area contributed by atoms with E-state index in [9.17, 15) is 5.11 Å². The van der Waals surface area contributed by atoms with Gasteiger partial charge in [-0.3, -0.25) is 0 Å². The van der Waals surface area contributed by atoms with Gasteiger partial charge in [-0.15, -0.1) is 0 Å². The standard InChI is InChI=1S/C17H13Br3N2O/c1-9-4-10(18)6-12(5-9)21-8-11-2-3-13-14(19)7-15(20)17(23)16(13)22-11/h2-7,21,23H,8H2,1H3. The highest BCUT2D eigenvalue weighted by Gasteiger charge is 2.10. The third kappa shape index (κ3) is 3.70. The molecule has 0 atom stereocenters. The molecule has 0 unspecified atom stereocenters. The van der Waals surface area contributed by atoms with Crippen LogP contribution in [0.2, 0.25) is 0 Å². The molecule has 0 spiro atoms. The number of phenolic OH excluding ortho intramolecular Hbond substituents is 1. The Balaban J connectivity index is 1.90. The SMILES string of the molecule is Cc1cc(Br)cc(NCc2ccc3c(Br)cc(Br)c(O)c3n2)c1. The Morgan fingerprint density at radius 3 is 2.57 bits per heavy atom. The Kier molecular flexibility index (Phi) is 4.94. The number of rotatable bonds is 3. The molecule has 0 bridgehead atoms. The van der Waals surface area contributed by atoms with E-state index in [-0.39, 0.29) is 5.75 Å². The van der Waals surface area contributed by atoms with Gasteiger partial charge >= 0.3 is 0 Å². The van der Waals surface area contributed by atoms with Crippen molar-refractivity contribution in [1.82, 2.24) is 4.98 Å². The lowest BCUT2D eigenvalue weighted by atomic mass is 10.2. The van der Waals surface area contributed by atoms with E-state index in [0.717, 1.165) is 25.7 Å². The predicted molar refractivity (Wildman–Crippen MR) is 105 cm³/mol. The average molecular weight is 501 g/mol. The summed E-state index contributed by atoms with van der Waals surface area (Å²) < 4.78 is 2.56. The fourth-order valence-electron chi connectivity index (χ4n) is 2.37. The summed E-state index contributed by atoms with van der Waals surface area (Å²) in [7, 11) is 0. The Labute approximate surface area is 159 Å². The largest absolute Gasteiger partial charge is 0.505 e. The molecular formula is C17H13Br3N2O. The van der Waals surface area contributed by atoms with Crippen LogP contribution in [-0.2, 0) is 6.54 Å². The molecule has 0 radical (unpaired) electrons. The molecule has 118 valence electrons. The van der Waals surface area contributed by atoms with Crippen LogP contribution in [0.1, 0.15) is 11.3 Å². The van der Waals surface area contributed by atoms with E-state index in [4.69, 9.17) is 0 Å². The van der Waals surface area contributed by atoms with Crippen LogP contribution < -0.4 is 5.32 Å². The number of nitrogens with one attached hydrogen (secondary N) is 1. The summed E-state index contributed by atoms with van der Waals surface area (Å²) in [6.45, 7) is 2.63. The molecule has 1 aromatic heterocycles. The number of hydrogen-bond donors (Lipinski definition) is 2. The van der Waals surface area contributed by atoms with Crippen LogP contribution in [0.25, 0.3) is 10.9 Å². The molecule has 2 aromatic carbocycles. The minimum Gasteiger partial charge on any atom is -0.505 e. The van der Waals surface area contributed by atoms with E-state index < -0.39 is 0 Å². The Hall–Kier alpha value is -1.11. The first-order chi connectivity index (χ1) is 10.9. The Bertz CT molecular complexity index is 876. The van der Waals surface area contributed by atoms with Crippen molar-refractivity contribution in [3.8, 4) is 5.75 Å². The number of pyridine rings is 1. The summed E-state index contributed by atoms with van der Waals surface area (Å²) in [4.78, 5) is 4.57. The Morgan fingerprint density at radius 1 is 1.04 bits per heavy atom. The van der Waals surface area contributed by atoms with Crippen LogP contribution in [0.4, 0.5) is 5.69 Å². The van der Waals surface area contributed by atoms with Crippen LogP contribution in [0, 0.1) is 6.92 Å². The number of halogens is 3. The number of fused-ring (bicyclic) bond motifs is 1. The molecule has 0 aliphatic carbocycles. The average Bonchev–Trinajstić information content (AvgIpc) is 2.49. The zero-order valence-electron chi connectivity index (χ0n) is 12.2. The quantitative estimate of drug-likeness (QED) is 0.453. The first-order valence-corrected chi connectivity index (χ1v) is 9.29. The van der Waals surface area contributed by atoms with Gasteiger partial charge < -0.3 is 10.4 Å². The van der Waals surface area contributed by atoms with Crippen LogP contribution in [0.3, 0.4) is 0 Å². The van der Waals surface area contributed by atoms with Crippen molar-refractivity contribution in [2.75, 3.05) is 5.32 Å². The molecule has 1 heterocycles. The first-order valence-electron chi connectivity index (χ1n) is 6.91. The second-order valence-corrected chi connectivity index (χ2v) is 7.88. The van der Waals surface area contributed by atoms with E-state index in [1.54, 1.807) is 0 Å². The summed E-state index contributed by atoms with van der Waals surface area (Å²) in [5.74, 6) is 0.156. The van der Waals surface area contributed by atoms with E-state index in [0.29, 0.717) is 16.5 Å². The molecule has 3 aromatic rings. The second kappa shape index (κ2) is 6.79. The van der Waals surface area contributed by atoms with Crippen molar-refractivity contribution in [2.45, 2.75) is 13.5 Å². The van der Waals surface area contributed by atoms with Gasteiger partial charge in [0.15, 0.2) is 5.75 Å². The number of nitrogens with zero attached hydrogens (tertiary/aromatic N) is 1. The van der Waals surface area contributed by atoms with Crippen LogP contribution in [0.5, 0.6) is 5.75 Å². The molecule has 6 heteroatoms. The van der Waals surface area contributed by atoms with Crippen molar-refractivity contribution < 1.29 is 5.11 Å². The number of aryl methyl sites for hydroxylation is 1. The molecule has 23 heavy (non-hydrogen) atoms. The summed E-state index contributed by atoms with van der Waals surface area (Å²) in [5.41, 5.74) is 3.64. The van der Waals surface area contributed by atoms with E-state index in [1.165, 1.54) is 5.56 Å². The zero-order chi connectivity index (χ0) is 16.6. The molecule has 2 N–H and O–H groups in total. The molecule has 3 nitrogen and oxygen atoms in total. The van der Waals surface area contributed by atoms with Gasteiger partial charge in [-0.25, -0.2) is 4.98 Å². The second-order valence-electron chi connectivity index (χ2n) is 5.26. The molecule has 0 fully saturated rings. The van der Waals surface area contributed by atoms with Crippen molar-refractivity contribution >= 4 is 64.4 Å². The molecule has 0 amide bonds. The maximum atomic E-state index is 10.2. The van der Waals surface area contributed by atoms with Crippen molar-refractivity contribution in [3.63, 3.8) is 0 Å². The van der Waals surface area contributed by atoms with Crippen LogP contribution in [-0.4, -0.2) is 10.1 Å². The van der Waals surface area contributed by atoms with Crippen molar-refractivity contribution in [3.05, 3.63) is 61.1 Å². The summed E-state index contributed by atoms with van der Waals surface area (Å²) in [6, 6.07) is 11.9. The minimum atomic E-state index is 0.156. The fourth-order valence-corrected chi connectivity index (χ4v) is 4.25.